The molecule has 1 aliphatic rings. The van der Waals surface area contributed by atoms with Crippen LogP contribution in [-0.4, -0.2) is 69.0 Å². The van der Waals surface area contributed by atoms with Gasteiger partial charge in [-0.25, -0.2) is 4.99 Å². The van der Waals surface area contributed by atoms with Crippen LogP contribution in [0, 0.1) is 0 Å². The number of rotatable bonds is 12. The van der Waals surface area contributed by atoms with Crippen LogP contribution in [0.15, 0.2) is 22.1 Å². The van der Waals surface area contributed by atoms with E-state index >= 15 is 0 Å². The Kier molecular flexibility index (Phi) is 10.8. The summed E-state index contributed by atoms with van der Waals surface area (Å²) >= 11 is 0. The van der Waals surface area contributed by atoms with Gasteiger partial charge in [-0.05, 0) is 33.1 Å². The average Bonchev–Trinajstić information content (AvgIpc) is 2.80. The normalized spacial score (nSPS) is 14.4. The minimum absolute atomic E-state index is 0.114. The molecule has 12 nitrogen and oxygen atoms in total. The first-order valence-corrected chi connectivity index (χ1v) is 11.7. The lowest BCUT2D eigenvalue weighted by Crippen LogP contribution is -2.56. The lowest BCUT2D eigenvalue weighted by atomic mass is 10.2. The van der Waals surface area contributed by atoms with E-state index in [1.54, 1.807) is 47.3 Å². The van der Waals surface area contributed by atoms with E-state index in [2.05, 4.69) is 20.6 Å². The Morgan fingerprint density at radius 1 is 0.889 bits per heavy atom. The van der Waals surface area contributed by atoms with Crippen molar-refractivity contribution in [1.82, 2.24) is 15.7 Å². The fourth-order valence-corrected chi connectivity index (χ4v) is 3.45. The van der Waals surface area contributed by atoms with Gasteiger partial charge >= 0.3 is 0 Å². The molecule has 200 valence electrons. The quantitative estimate of drug-likeness (QED) is 0.413. The standard InChI is InChI=1S/C24H37N5O7/c1-16(30)25-22-27-23(26-17(2)31)29(24(3,4)28-22)36-13-11-9-8-10-12-35-18-14-19(32-5)21(34-7)20(15-18)33-6/h14-15H,8-13H2,1-7H3,(H2,25,26,27,28,30,31). The summed E-state index contributed by atoms with van der Waals surface area (Å²) in [7, 11) is 4.68. The van der Waals surface area contributed by atoms with Gasteiger partial charge in [0.05, 0.1) is 34.5 Å². The summed E-state index contributed by atoms with van der Waals surface area (Å²) in [4.78, 5) is 37.6. The topological polar surface area (TPSA) is 132 Å². The Bertz CT molecular complexity index is 953. The lowest BCUT2D eigenvalue weighted by molar-refractivity contribution is -0.160. The summed E-state index contributed by atoms with van der Waals surface area (Å²) in [6, 6.07) is 3.53. The predicted molar refractivity (Wildman–Crippen MR) is 134 cm³/mol. The number of carbonyl (C=O) groups is 2. The summed E-state index contributed by atoms with van der Waals surface area (Å²) in [5.41, 5.74) is -0.883. The molecule has 1 aromatic rings. The molecule has 0 spiro atoms. The van der Waals surface area contributed by atoms with Gasteiger partial charge in [0.15, 0.2) is 17.2 Å². The number of ether oxygens (including phenoxy) is 4. The van der Waals surface area contributed by atoms with Gasteiger partial charge in [0, 0.05) is 26.0 Å². The van der Waals surface area contributed by atoms with E-state index in [1.165, 1.54) is 18.9 Å². The zero-order valence-electron chi connectivity index (χ0n) is 22.1. The predicted octanol–water partition coefficient (Wildman–Crippen LogP) is 2.62. The van der Waals surface area contributed by atoms with Gasteiger partial charge in [-0.15, -0.1) is 0 Å². The Hall–Kier alpha value is -3.54. The Balaban J connectivity index is 1.80. The van der Waals surface area contributed by atoms with Gasteiger partial charge in [-0.3, -0.25) is 25.1 Å². The molecule has 0 aromatic heterocycles. The highest BCUT2D eigenvalue weighted by Crippen LogP contribution is 2.40. The van der Waals surface area contributed by atoms with Gasteiger partial charge in [-0.2, -0.15) is 10.1 Å². The monoisotopic (exact) mass is 507 g/mol. The third-order valence-electron chi connectivity index (χ3n) is 5.02. The highest BCUT2D eigenvalue weighted by Gasteiger charge is 2.35. The third kappa shape index (κ3) is 8.29. The molecule has 2 rings (SSSR count). The molecule has 1 aliphatic heterocycles. The number of aliphatic imine (C=N–C) groups is 2. The van der Waals surface area contributed by atoms with E-state index in [-0.39, 0.29) is 23.7 Å². The molecule has 0 radical (unpaired) electrons. The summed E-state index contributed by atoms with van der Waals surface area (Å²) in [5, 5.41) is 6.63. The van der Waals surface area contributed by atoms with Crippen LogP contribution < -0.4 is 29.6 Å². The fraction of sp³-hybridized carbons (Fsp3) is 0.583. The molecule has 12 heteroatoms. The van der Waals surface area contributed by atoms with Crippen molar-refractivity contribution in [2.75, 3.05) is 34.5 Å². The molecule has 2 N–H and O–H groups in total. The van der Waals surface area contributed by atoms with Crippen molar-refractivity contribution in [2.24, 2.45) is 9.98 Å². The highest BCUT2D eigenvalue weighted by molar-refractivity contribution is 6.07. The number of hydrogen-bond acceptors (Lipinski definition) is 10. The van der Waals surface area contributed by atoms with Crippen molar-refractivity contribution in [1.29, 1.82) is 0 Å². The molecule has 1 heterocycles. The van der Waals surface area contributed by atoms with Gasteiger partial charge in [-0.1, -0.05) is 6.42 Å². The summed E-state index contributed by atoms with van der Waals surface area (Å²) in [6.45, 7) is 7.27. The molecule has 36 heavy (non-hydrogen) atoms. The van der Waals surface area contributed by atoms with Crippen LogP contribution in [0.1, 0.15) is 53.4 Å². The van der Waals surface area contributed by atoms with Crippen LogP contribution in [0.25, 0.3) is 0 Å². The van der Waals surface area contributed by atoms with Crippen molar-refractivity contribution < 1.29 is 33.4 Å². The number of methoxy groups -OCH3 is 3. The molecule has 0 saturated carbocycles. The summed E-state index contributed by atoms with van der Waals surface area (Å²) < 4.78 is 21.9. The van der Waals surface area contributed by atoms with Crippen LogP contribution in [0.3, 0.4) is 0 Å². The number of nitrogens with zero attached hydrogens (tertiary/aromatic N) is 3. The Morgan fingerprint density at radius 3 is 2.00 bits per heavy atom. The Labute approximate surface area is 211 Å². The van der Waals surface area contributed by atoms with E-state index in [0.717, 1.165) is 25.7 Å². The number of unbranched alkanes of at least 4 members (excludes halogenated alkanes) is 3. The maximum absolute atomic E-state index is 11.6. The first-order valence-electron chi connectivity index (χ1n) is 11.7. The van der Waals surface area contributed by atoms with Crippen LogP contribution in [-0.2, 0) is 14.4 Å². The lowest BCUT2D eigenvalue weighted by Gasteiger charge is -2.38. The van der Waals surface area contributed by atoms with Gasteiger partial charge in [0.1, 0.15) is 5.75 Å². The van der Waals surface area contributed by atoms with Crippen LogP contribution in [0.5, 0.6) is 23.0 Å². The number of amides is 2. The van der Waals surface area contributed by atoms with Crippen LogP contribution >= 0.6 is 0 Å². The van der Waals surface area contributed by atoms with Gasteiger partial charge in [0.25, 0.3) is 0 Å². The molecular formula is C24H37N5O7. The van der Waals surface area contributed by atoms with E-state index in [0.29, 0.717) is 36.2 Å². The van der Waals surface area contributed by atoms with Crippen molar-refractivity contribution in [3.63, 3.8) is 0 Å². The second-order valence-corrected chi connectivity index (χ2v) is 8.48. The first kappa shape index (κ1) is 28.7. The first-order chi connectivity index (χ1) is 17.1. The number of hydrogen-bond donors (Lipinski definition) is 2. The maximum Gasteiger partial charge on any atom is 0.235 e. The van der Waals surface area contributed by atoms with E-state index in [1.807, 2.05) is 0 Å². The number of nitrogens with one attached hydrogen (secondary N) is 2. The molecule has 1 aromatic carbocycles. The zero-order chi connectivity index (χ0) is 26.7. The molecule has 0 atom stereocenters. The second kappa shape index (κ2) is 13.5. The van der Waals surface area contributed by atoms with Crippen LogP contribution in [0.4, 0.5) is 0 Å². The van der Waals surface area contributed by atoms with Crippen molar-refractivity contribution in [3.05, 3.63) is 12.1 Å². The van der Waals surface area contributed by atoms with Crippen LogP contribution in [0.2, 0.25) is 0 Å². The fourth-order valence-electron chi connectivity index (χ4n) is 3.45. The summed E-state index contributed by atoms with van der Waals surface area (Å²) in [6.07, 6.45) is 3.50. The molecule has 0 unspecified atom stereocenters. The largest absolute Gasteiger partial charge is 0.493 e. The van der Waals surface area contributed by atoms with Crippen molar-refractivity contribution >= 4 is 23.7 Å². The average molecular weight is 508 g/mol. The molecule has 2 amide bonds. The SMILES string of the molecule is COc1cc(OCCCCCCON2C(NC(C)=O)=NC(NC(C)=O)=NC2(C)C)cc(OC)c1OC. The van der Waals surface area contributed by atoms with E-state index < -0.39 is 5.66 Å². The van der Waals surface area contributed by atoms with E-state index in [4.69, 9.17) is 23.8 Å². The number of hydroxylamine groups is 2. The van der Waals surface area contributed by atoms with Gasteiger partial charge in [0.2, 0.25) is 29.5 Å². The number of guanidine groups is 2. The van der Waals surface area contributed by atoms with Crippen molar-refractivity contribution in [3.8, 4) is 23.0 Å². The molecule has 0 saturated heterocycles. The Morgan fingerprint density at radius 2 is 1.47 bits per heavy atom. The smallest absolute Gasteiger partial charge is 0.235 e. The van der Waals surface area contributed by atoms with E-state index in [9.17, 15) is 9.59 Å². The zero-order valence-corrected chi connectivity index (χ0v) is 22.1. The van der Waals surface area contributed by atoms with Crippen molar-refractivity contribution in [2.45, 2.75) is 59.0 Å². The minimum Gasteiger partial charge on any atom is -0.493 e. The minimum atomic E-state index is -0.883. The van der Waals surface area contributed by atoms with Gasteiger partial charge < -0.3 is 18.9 Å². The number of benzene rings is 1. The number of carbonyl (C=O) groups excluding carboxylic acids is 2. The second-order valence-electron chi connectivity index (χ2n) is 8.48. The third-order valence-corrected chi connectivity index (χ3v) is 5.02. The molecule has 0 bridgehead atoms. The molecule has 0 aliphatic carbocycles. The molecular weight excluding hydrogens is 470 g/mol. The maximum atomic E-state index is 11.6. The molecule has 0 fully saturated rings. The summed E-state index contributed by atoms with van der Waals surface area (Å²) in [5.74, 6) is 1.92. The highest BCUT2D eigenvalue weighted by atomic mass is 16.7.